The van der Waals surface area contributed by atoms with Crippen LogP contribution in [0.3, 0.4) is 0 Å². The van der Waals surface area contributed by atoms with E-state index in [-0.39, 0.29) is 0 Å². The van der Waals surface area contributed by atoms with Crippen LogP contribution in [0.5, 0.6) is 0 Å². The van der Waals surface area contributed by atoms with Crippen LogP contribution >= 0.6 is 0 Å². The molecule has 0 spiro atoms. The lowest BCUT2D eigenvalue weighted by molar-refractivity contribution is 0.137. The zero-order valence-corrected chi connectivity index (χ0v) is 9.28. The van der Waals surface area contributed by atoms with Gasteiger partial charge in [-0.15, -0.1) is 0 Å². The van der Waals surface area contributed by atoms with Crippen molar-refractivity contribution in [1.82, 2.24) is 0 Å². The van der Waals surface area contributed by atoms with Gasteiger partial charge in [0.1, 0.15) is 6.61 Å². The molecular weight excluding hydrogens is 188 g/mol. The van der Waals surface area contributed by atoms with Gasteiger partial charge in [0.25, 0.3) is 0 Å². The molecule has 0 aromatic heterocycles. The maximum absolute atomic E-state index is 5.12. The molecule has 0 atom stereocenters. The minimum atomic E-state index is -2.61. The van der Waals surface area contributed by atoms with Crippen LogP contribution < -0.4 is 0 Å². The summed E-state index contributed by atoms with van der Waals surface area (Å²) in [6.45, 7) is 3.97. The van der Waals surface area contributed by atoms with Gasteiger partial charge in [-0.1, -0.05) is 12.7 Å². The first-order valence-corrected chi connectivity index (χ1v) is 5.60. The van der Waals surface area contributed by atoms with Crippen molar-refractivity contribution in [2.45, 2.75) is 0 Å². The maximum Gasteiger partial charge on any atom is 0.531 e. The predicted octanol–water partition coefficient (Wildman–Crippen LogP) is 1.12. The Morgan fingerprint density at radius 3 is 2.08 bits per heavy atom. The summed E-state index contributed by atoms with van der Waals surface area (Å²) in [4.78, 5) is 0. The molecule has 0 amide bonds. The molecule has 13 heavy (non-hydrogen) atoms. The molecule has 0 fully saturated rings. The molecule has 0 aromatic rings. The van der Waals surface area contributed by atoms with Crippen molar-refractivity contribution < 1.29 is 18.0 Å². The fraction of sp³-hybridized carbons (Fsp3) is 0.500. The summed E-state index contributed by atoms with van der Waals surface area (Å²) >= 11 is 0. The molecule has 0 aromatic carbocycles. The number of rotatable bonds is 7. The minimum Gasteiger partial charge on any atom is -0.498 e. The summed E-state index contributed by atoms with van der Waals surface area (Å²) < 4.78 is 20.4. The largest absolute Gasteiger partial charge is 0.531 e. The van der Waals surface area contributed by atoms with Gasteiger partial charge >= 0.3 is 8.80 Å². The molecule has 0 saturated carbocycles. The van der Waals surface area contributed by atoms with Gasteiger partial charge in [0.05, 0.1) is 6.26 Å². The third-order valence-electron chi connectivity index (χ3n) is 1.44. The Hall–Kier alpha value is -0.623. The summed E-state index contributed by atoms with van der Waals surface area (Å²) in [6, 6.07) is 0. The van der Waals surface area contributed by atoms with Crippen LogP contribution in [-0.4, -0.2) is 36.7 Å². The van der Waals surface area contributed by atoms with Crippen molar-refractivity contribution in [3.8, 4) is 0 Å². The van der Waals surface area contributed by atoms with Crippen molar-refractivity contribution in [3.05, 3.63) is 24.6 Å². The summed E-state index contributed by atoms with van der Waals surface area (Å²) in [5.41, 5.74) is 1.66. The van der Waals surface area contributed by atoms with Crippen LogP contribution in [-0.2, 0) is 18.0 Å². The first-order chi connectivity index (χ1) is 6.24. The van der Waals surface area contributed by atoms with E-state index in [1.165, 1.54) is 27.6 Å². The molecule has 0 heterocycles. The van der Waals surface area contributed by atoms with E-state index in [9.17, 15) is 0 Å². The van der Waals surface area contributed by atoms with Gasteiger partial charge in [-0.05, 0) is 0 Å². The fourth-order valence-corrected chi connectivity index (χ4v) is 1.88. The lowest BCUT2D eigenvalue weighted by Gasteiger charge is -2.19. The summed E-state index contributed by atoms with van der Waals surface area (Å²) in [6.07, 6.45) is 3.16. The van der Waals surface area contributed by atoms with Gasteiger partial charge < -0.3 is 18.0 Å². The smallest absolute Gasteiger partial charge is 0.498 e. The van der Waals surface area contributed by atoms with Gasteiger partial charge in [0.2, 0.25) is 0 Å². The van der Waals surface area contributed by atoms with E-state index >= 15 is 0 Å². The zero-order chi connectivity index (χ0) is 10.2. The van der Waals surface area contributed by atoms with Crippen LogP contribution in [0.1, 0.15) is 0 Å². The van der Waals surface area contributed by atoms with Gasteiger partial charge in [-0.2, -0.15) is 0 Å². The summed E-state index contributed by atoms with van der Waals surface area (Å²) in [7, 11) is 2.01. The van der Waals surface area contributed by atoms with Gasteiger partial charge in [0.15, 0.2) is 0 Å². The average molecular weight is 204 g/mol. The first-order valence-electron chi connectivity index (χ1n) is 3.80. The maximum atomic E-state index is 5.12. The average Bonchev–Trinajstić information content (AvgIpc) is 2.20. The van der Waals surface area contributed by atoms with Crippen LogP contribution in [0, 0.1) is 0 Å². The van der Waals surface area contributed by atoms with Crippen LogP contribution in [0.4, 0.5) is 0 Å². The van der Waals surface area contributed by atoms with E-state index in [2.05, 4.69) is 6.58 Å². The summed E-state index contributed by atoms with van der Waals surface area (Å²) in [5.74, 6) is 0. The molecule has 0 unspecified atom stereocenters. The van der Waals surface area contributed by atoms with E-state index in [4.69, 9.17) is 18.0 Å². The van der Waals surface area contributed by atoms with Gasteiger partial charge in [0, 0.05) is 27.0 Å². The molecule has 0 rings (SSSR count). The monoisotopic (exact) mass is 204 g/mol. The molecule has 0 radical (unpaired) electrons. The quantitative estimate of drug-likeness (QED) is 0.269. The lowest BCUT2D eigenvalue weighted by Crippen LogP contribution is -2.40. The molecule has 4 nitrogen and oxygen atoms in total. The summed E-state index contributed by atoms with van der Waals surface area (Å²) in [5, 5.41) is 0. The van der Waals surface area contributed by atoms with Gasteiger partial charge in [-0.25, -0.2) is 0 Å². The van der Waals surface area contributed by atoms with Crippen molar-refractivity contribution in [3.63, 3.8) is 0 Å². The Labute approximate surface area is 80.1 Å². The molecule has 5 heteroatoms. The molecule has 0 aliphatic carbocycles. The van der Waals surface area contributed by atoms with Crippen molar-refractivity contribution >= 4 is 8.80 Å². The standard InChI is InChI=1S/C8H16O4Si/c1-5-6-12-7-8-13(9-2,10-3)11-4/h5,7-8H,1,6H2,2-4H3. The van der Waals surface area contributed by atoms with Crippen molar-refractivity contribution in [1.29, 1.82) is 0 Å². The Balaban J connectivity index is 4.06. The van der Waals surface area contributed by atoms with E-state index in [0.29, 0.717) is 6.61 Å². The minimum absolute atomic E-state index is 0.456. The SMILES string of the molecule is C=CCOC=C[Si](OC)(OC)OC. The highest BCUT2D eigenvalue weighted by molar-refractivity contribution is 6.66. The third kappa shape index (κ3) is 4.23. The Kier molecular flexibility index (Phi) is 6.52. The Morgan fingerprint density at radius 2 is 1.69 bits per heavy atom. The molecule has 0 N–H and O–H groups in total. The van der Waals surface area contributed by atoms with Gasteiger partial charge in [-0.3, -0.25) is 0 Å². The third-order valence-corrected chi connectivity index (χ3v) is 3.69. The topological polar surface area (TPSA) is 36.9 Å². The van der Waals surface area contributed by atoms with Crippen LogP contribution in [0.2, 0.25) is 0 Å². The highest BCUT2D eigenvalue weighted by Crippen LogP contribution is 2.07. The molecule has 76 valence electrons. The highest BCUT2D eigenvalue weighted by Gasteiger charge is 2.34. The Morgan fingerprint density at radius 1 is 1.15 bits per heavy atom. The predicted molar refractivity (Wildman–Crippen MR) is 52.1 cm³/mol. The molecule has 0 bridgehead atoms. The lowest BCUT2D eigenvalue weighted by atomic mass is 10.7. The zero-order valence-electron chi connectivity index (χ0n) is 8.28. The van der Waals surface area contributed by atoms with Crippen LogP contribution in [0.15, 0.2) is 24.6 Å². The van der Waals surface area contributed by atoms with Crippen LogP contribution in [0.25, 0.3) is 0 Å². The molecule has 0 saturated heterocycles. The molecule has 0 aliphatic rings. The second-order valence-electron chi connectivity index (χ2n) is 2.14. The second kappa shape index (κ2) is 6.85. The fourth-order valence-electron chi connectivity index (χ4n) is 0.709. The Bertz CT molecular complexity index is 157. The van der Waals surface area contributed by atoms with E-state index in [1.54, 1.807) is 11.8 Å². The van der Waals surface area contributed by atoms with Crippen molar-refractivity contribution in [2.75, 3.05) is 27.9 Å². The van der Waals surface area contributed by atoms with E-state index in [1.807, 2.05) is 0 Å². The number of hydrogen-bond acceptors (Lipinski definition) is 4. The normalized spacial score (nSPS) is 11.9. The number of hydrogen-bond donors (Lipinski definition) is 0. The second-order valence-corrected chi connectivity index (χ2v) is 4.91. The molecular formula is C8H16O4Si. The van der Waals surface area contributed by atoms with E-state index in [0.717, 1.165) is 0 Å². The first kappa shape index (κ1) is 12.4. The number of ether oxygens (including phenoxy) is 1. The molecule has 0 aliphatic heterocycles. The van der Waals surface area contributed by atoms with E-state index < -0.39 is 8.80 Å². The highest BCUT2D eigenvalue weighted by atomic mass is 28.4. The van der Waals surface area contributed by atoms with Crippen molar-refractivity contribution in [2.24, 2.45) is 0 Å².